The van der Waals surface area contributed by atoms with Crippen molar-refractivity contribution in [1.29, 1.82) is 0 Å². The van der Waals surface area contributed by atoms with E-state index in [4.69, 9.17) is 0 Å². The SMILES string of the molecule is O=C(c1ccc2cc(-c3cccc4[nH]c(=O)[nH]c34)ccc2c1)N1CCCC(O)C1. The zero-order valence-corrected chi connectivity index (χ0v) is 15.8. The first-order valence-electron chi connectivity index (χ1n) is 9.81. The molecule has 29 heavy (non-hydrogen) atoms. The molecule has 3 N–H and O–H groups in total. The van der Waals surface area contributed by atoms with Crippen LogP contribution in [0, 0.1) is 0 Å². The number of hydrogen-bond donors (Lipinski definition) is 3. The third kappa shape index (κ3) is 3.21. The summed E-state index contributed by atoms with van der Waals surface area (Å²) in [5, 5.41) is 11.8. The second-order valence-electron chi connectivity index (χ2n) is 7.63. The van der Waals surface area contributed by atoms with Gasteiger partial charge in [0, 0.05) is 24.2 Å². The Kier molecular flexibility index (Phi) is 4.21. The number of aliphatic hydroxyl groups excluding tert-OH is 1. The molecule has 0 saturated carbocycles. The fraction of sp³-hybridized carbons (Fsp3) is 0.217. The highest BCUT2D eigenvalue weighted by Crippen LogP contribution is 2.29. The lowest BCUT2D eigenvalue weighted by Gasteiger charge is -2.30. The van der Waals surface area contributed by atoms with Crippen LogP contribution in [-0.2, 0) is 0 Å². The molecule has 6 heteroatoms. The number of likely N-dealkylation sites (tertiary alicyclic amines) is 1. The van der Waals surface area contributed by atoms with Gasteiger partial charge in [-0.2, -0.15) is 0 Å². The third-order valence-corrected chi connectivity index (χ3v) is 5.63. The number of H-pyrrole nitrogens is 2. The number of piperidine rings is 1. The molecule has 0 aliphatic carbocycles. The minimum Gasteiger partial charge on any atom is -0.391 e. The number of nitrogens with zero attached hydrogens (tertiary/aromatic N) is 1. The van der Waals surface area contributed by atoms with Gasteiger partial charge in [-0.05, 0) is 53.4 Å². The molecule has 1 unspecified atom stereocenters. The Bertz CT molecular complexity index is 1290. The summed E-state index contributed by atoms with van der Waals surface area (Å²) < 4.78 is 0. The van der Waals surface area contributed by atoms with Gasteiger partial charge in [0.05, 0.1) is 17.1 Å². The van der Waals surface area contributed by atoms with Gasteiger partial charge in [-0.25, -0.2) is 4.79 Å². The molecule has 6 nitrogen and oxygen atoms in total. The number of imidazole rings is 1. The molecule has 2 heterocycles. The monoisotopic (exact) mass is 387 g/mol. The topological polar surface area (TPSA) is 89.2 Å². The van der Waals surface area contributed by atoms with Crippen LogP contribution in [0.5, 0.6) is 0 Å². The standard InChI is InChI=1S/C23H21N3O3/c27-18-3-2-10-26(13-18)22(28)17-9-7-14-11-16(8-6-15(14)12-17)19-4-1-5-20-21(19)25-23(29)24-20/h1,4-9,11-12,18,27H,2-3,10,13H2,(H2,24,25,29). The summed E-state index contributed by atoms with van der Waals surface area (Å²) in [5.41, 5.74) is 3.92. The fourth-order valence-corrected chi connectivity index (χ4v) is 4.17. The van der Waals surface area contributed by atoms with Crippen molar-refractivity contribution in [2.45, 2.75) is 18.9 Å². The number of hydrogen-bond acceptors (Lipinski definition) is 3. The van der Waals surface area contributed by atoms with E-state index < -0.39 is 6.10 Å². The number of benzene rings is 3. The Morgan fingerprint density at radius 1 is 1.03 bits per heavy atom. The first kappa shape index (κ1) is 17.7. The molecule has 3 aromatic carbocycles. The summed E-state index contributed by atoms with van der Waals surface area (Å²) in [7, 11) is 0. The molecule has 1 aliphatic rings. The molecule has 0 bridgehead atoms. The molecular formula is C23H21N3O3. The molecule has 1 fully saturated rings. The van der Waals surface area contributed by atoms with E-state index in [1.807, 2.05) is 48.5 Å². The normalized spacial score (nSPS) is 17.1. The maximum atomic E-state index is 12.8. The van der Waals surface area contributed by atoms with Gasteiger partial charge in [-0.3, -0.25) is 4.79 Å². The Balaban J connectivity index is 1.51. The van der Waals surface area contributed by atoms with Crippen LogP contribution in [0.2, 0.25) is 0 Å². The number of aromatic nitrogens is 2. The van der Waals surface area contributed by atoms with Gasteiger partial charge in [-0.1, -0.05) is 30.3 Å². The van der Waals surface area contributed by atoms with E-state index in [1.165, 1.54) is 0 Å². The molecule has 4 aromatic rings. The molecule has 1 aromatic heterocycles. The van der Waals surface area contributed by atoms with E-state index in [-0.39, 0.29) is 11.6 Å². The number of rotatable bonds is 2. The van der Waals surface area contributed by atoms with E-state index in [0.717, 1.165) is 45.8 Å². The Morgan fingerprint density at radius 3 is 2.72 bits per heavy atom. The molecule has 1 saturated heterocycles. The Morgan fingerprint density at radius 2 is 1.86 bits per heavy atom. The maximum Gasteiger partial charge on any atom is 0.323 e. The van der Waals surface area contributed by atoms with Crippen LogP contribution in [0.1, 0.15) is 23.2 Å². The number of amides is 1. The average Bonchev–Trinajstić information content (AvgIpc) is 3.12. The Hall–Kier alpha value is -3.38. The number of aliphatic hydroxyl groups is 1. The van der Waals surface area contributed by atoms with E-state index in [0.29, 0.717) is 18.7 Å². The van der Waals surface area contributed by atoms with Crippen molar-refractivity contribution < 1.29 is 9.90 Å². The van der Waals surface area contributed by atoms with E-state index in [9.17, 15) is 14.7 Å². The van der Waals surface area contributed by atoms with Gasteiger partial charge in [0.15, 0.2) is 0 Å². The van der Waals surface area contributed by atoms with Crippen molar-refractivity contribution in [3.05, 3.63) is 70.6 Å². The number of nitrogens with one attached hydrogen (secondary N) is 2. The van der Waals surface area contributed by atoms with Crippen molar-refractivity contribution in [1.82, 2.24) is 14.9 Å². The van der Waals surface area contributed by atoms with Gasteiger partial charge in [0.2, 0.25) is 0 Å². The first-order valence-corrected chi connectivity index (χ1v) is 9.81. The highest BCUT2D eigenvalue weighted by molar-refractivity contribution is 6.00. The summed E-state index contributed by atoms with van der Waals surface area (Å²) in [6, 6.07) is 17.5. The lowest BCUT2D eigenvalue weighted by molar-refractivity contribution is 0.0474. The van der Waals surface area contributed by atoms with Crippen molar-refractivity contribution in [3.63, 3.8) is 0 Å². The molecule has 0 spiro atoms. The molecule has 1 aliphatic heterocycles. The van der Waals surface area contributed by atoms with Crippen LogP contribution in [0.3, 0.4) is 0 Å². The summed E-state index contributed by atoms with van der Waals surface area (Å²) in [6.07, 6.45) is 1.15. The third-order valence-electron chi connectivity index (χ3n) is 5.63. The van der Waals surface area contributed by atoms with Gasteiger partial charge in [0.25, 0.3) is 5.91 Å². The van der Waals surface area contributed by atoms with Gasteiger partial charge in [0.1, 0.15) is 0 Å². The van der Waals surface area contributed by atoms with Crippen LogP contribution in [0.25, 0.3) is 32.9 Å². The first-order chi connectivity index (χ1) is 14.1. The van der Waals surface area contributed by atoms with Crippen LogP contribution >= 0.6 is 0 Å². The quantitative estimate of drug-likeness (QED) is 0.493. The Labute approximate surface area is 166 Å². The minimum atomic E-state index is -0.432. The minimum absolute atomic E-state index is 0.0376. The summed E-state index contributed by atoms with van der Waals surface area (Å²) in [5.74, 6) is -0.0376. The van der Waals surface area contributed by atoms with Crippen LogP contribution in [-0.4, -0.2) is 45.1 Å². The lowest BCUT2D eigenvalue weighted by Crippen LogP contribution is -2.42. The van der Waals surface area contributed by atoms with Crippen molar-refractivity contribution in [2.75, 3.05) is 13.1 Å². The van der Waals surface area contributed by atoms with Crippen LogP contribution in [0.4, 0.5) is 0 Å². The molecule has 1 amide bonds. The fourth-order valence-electron chi connectivity index (χ4n) is 4.17. The molecule has 5 rings (SSSR count). The number of β-amino-alcohol motifs (C(OH)–C–C–N with tert-alkyl or cyclic N) is 1. The van der Waals surface area contributed by atoms with E-state index in [1.54, 1.807) is 4.90 Å². The van der Waals surface area contributed by atoms with Gasteiger partial charge in [-0.15, -0.1) is 0 Å². The zero-order chi connectivity index (χ0) is 20.0. The number of para-hydroxylation sites is 1. The van der Waals surface area contributed by atoms with E-state index >= 15 is 0 Å². The lowest BCUT2D eigenvalue weighted by atomic mass is 9.98. The zero-order valence-electron chi connectivity index (χ0n) is 15.8. The second-order valence-corrected chi connectivity index (χ2v) is 7.63. The largest absolute Gasteiger partial charge is 0.391 e. The smallest absolute Gasteiger partial charge is 0.323 e. The molecule has 146 valence electrons. The van der Waals surface area contributed by atoms with Crippen LogP contribution < -0.4 is 5.69 Å². The van der Waals surface area contributed by atoms with Gasteiger partial charge < -0.3 is 20.0 Å². The predicted octanol–water partition coefficient (Wildman–Crippen LogP) is 3.27. The van der Waals surface area contributed by atoms with Crippen molar-refractivity contribution in [2.24, 2.45) is 0 Å². The highest BCUT2D eigenvalue weighted by atomic mass is 16.3. The second kappa shape index (κ2) is 6.90. The highest BCUT2D eigenvalue weighted by Gasteiger charge is 2.23. The number of aromatic amines is 2. The summed E-state index contributed by atoms with van der Waals surface area (Å²) >= 11 is 0. The van der Waals surface area contributed by atoms with Gasteiger partial charge >= 0.3 is 5.69 Å². The summed E-state index contributed by atoms with van der Waals surface area (Å²) in [6.45, 7) is 1.08. The van der Waals surface area contributed by atoms with Crippen LogP contribution in [0.15, 0.2) is 59.4 Å². The molecular weight excluding hydrogens is 366 g/mol. The molecule has 1 atom stereocenters. The number of carbonyl (C=O) groups is 1. The van der Waals surface area contributed by atoms with Crippen molar-refractivity contribution in [3.8, 4) is 11.1 Å². The number of carbonyl (C=O) groups excluding carboxylic acids is 1. The van der Waals surface area contributed by atoms with Crippen molar-refractivity contribution >= 4 is 27.7 Å². The average molecular weight is 387 g/mol. The molecule has 0 radical (unpaired) electrons. The predicted molar refractivity (Wildman–Crippen MR) is 113 cm³/mol. The van der Waals surface area contributed by atoms with E-state index in [2.05, 4.69) is 16.0 Å². The maximum absolute atomic E-state index is 12.8. The number of fused-ring (bicyclic) bond motifs is 2. The summed E-state index contributed by atoms with van der Waals surface area (Å²) in [4.78, 5) is 31.9.